The molecule has 1 fully saturated rings. The maximum absolute atomic E-state index is 12.9. The third kappa shape index (κ3) is 4.97. The van der Waals surface area contributed by atoms with Gasteiger partial charge in [0, 0.05) is 25.2 Å². The van der Waals surface area contributed by atoms with Gasteiger partial charge < -0.3 is 15.0 Å². The van der Waals surface area contributed by atoms with Crippen molar-refractivity contribution >= 4 is 18.3 Å². The smallest absolute Gasteiger partial charge is 0.416 e. The lowest BCUT2D eigenvalue weighted by Crippen LogP contribution is -2.49. The van der Waals surface area contributed by atoms with Gasteiger partial charge in [0.2, 0.25) is 5.91 Å². The Morgan fingerprint density at radius 1 is 1.18 bits per heavy atom. The molecule has 0 saturated carbocycles. The molecule has 0 radical (unpaired) electrons. The molecule has 0 aliphatic carbocycles. The van der Waals surface area contributed by atoms with E-state index in [0.717, 1.165) is 17.7 Å². The fraction of sp³-hybridized carbons (Fsp3) is 0.350. The summed E-state index contributed by atoms with van der Waals surface area (Å²) in [7, 11) is 1.59. The second-order valence-corrected chi connectivity index (χ2v) is 6.42. The van der Waals surface area contributed by atoms with Gasteiger partial charge in [-0.1, -0.05) is 30.3 Å². The quantitative estimate of drug-likeness (QED) is 0.826. The molecule has 8 heteroatoms. The van der Waals surface area contributed by atoms with Crippen molar-refractivity contribution in [1.82, 2.24) is 10.2 Å². The van der Waals surface area contributed by atoms with E-state index in [-0.39, 0.29) is 30.8 Å². The minimum Gasteiger partial charge on any atom is -0.496 e. The van der Waals surface area contributed by atoms with E-state index in [1.54, 1.807) is 12.0 Å². The van der Waals surface area contributed by atoms with Gasteiger partial charge in [0.05, 0.1) is 25.1 Å². The molecule has 1 aliphatic heterocycles. The number of nitrogens with one attached hydrogen (secondary N) is 1. The van der Waals surface area contributed by atoms with Gasteiger partial charge in [0.25, 0.3) is 0 Å². The highest BCUT2D eigenvalue weighted by atomic mass is 35.5. The predicted molar refractivity (Wildman–Crippen MR) is 103 cm³/mol. The number of para-hydroxylation sites is 1. The number of alkyl halides is 3. The van der Waals surface area contributed by atoms with E-state index in [9.17, 15) is 18.0 Å². The molecule has 2 aromatic carbocycles. The van der Waals surface area contributed by atoms with Crippen molar-refractivity contribution in [3.63, 3.8) is 0 Å². The third-order valence-corrected chi connectivity index (χ3v) is 4.70. The Morgan fingerprint density at radius 2 is 1.86 bits per heavy atom. The highest BCUT2D eigenvalue weighted by molar-refractivity contribution is 5.85. The molecule has 4 nitrogen and oxygen atoms in total. The monoisotopic (exact) mass is 414 g/mol. The molecular formula is C20H22ClF3N2O2. The Bertz CT molecular complexity index is 797. The van der Waals surface area contributed by atoms with Gasteiger partial charge in [0.1, 0.15) is 5.75 Å². The molecule has 3 rings (SSSR count). The van der Waals surface area contributed by atoms with Gasteiger partial charge in [-0.25, -0.2) is 0 Å². The van der Waals surface area contributed by atoms with Crippen LogP contribution in [0.25, 0.3) is 0 Å². The first-order valence-corrected chi connectivity index (χ1v) is 8.69. The Hall–Kier alpha value is -2.25. The first-order chi connectivity index (χ1) is 12.9. The summed E-state index contributed by atoms with van der Waals surface area (Å²) in [6, 6.07) is 12.1. The molecule has 0 spiro atoms. The summed E-state index contributed by atoms with van der Waals surface area (Å²) in [6.45, 7) is 1.80. The lowest BCUT2D eigenvalue weighted by atomic mass is 10.0. The van der Waals surface area contributed by atoms with E-state index in [1.165, 1.54) is 12.1 Å². The number of carbonyl (C=O) groups is 1. The van der Waals surface area contributed by atoms with Crippen LogP contribution in [-0.4, -0.2) is 37.6 Å². The number of nitrogens with zero attached hydrogens (tertiary/aromatic N) is 1. The summed E-state index contributed by atoms with van der Waals surface area (Å²) in [5, 5.41) is 3.28. The number of rotatable bonds is 4. The summed E-state index contributed by atoms with van der Waals surface area (Å²) < 4.78 is 43.5. The molecular weight excluding hydrogens is 393 g/mol. The molecule has 2 aromatic rings. The first-order valence-electron chi connectivity index (χ1n) is 8.69. The zero-order chi connectivity index (χ0) is 19.4. The van der Waals surface area contributed by atoms with E-state index in [4.69, 9.17) is 4.74 Å². The molecule has 0 bridgehead atoms. The van der Waals surface area contributed by atoms with E-state index >= 15 is 0 Å². The number of hydrogen-bond acceptors (Lipinski definition) is 3. The molecule has 1 heterocycles. The SMILES string of the molecule is COc1ccccc1C1CNCCN1C(=O)Cc1ccc(C(F)(F)F)cc1.Cl. The van der Waals surface area contributed by atoms with Crippen molar-refractivity contribution in [2.45, 2.75) is 18.6 Å². The van der Waals surface area contributed by atoms with Gasteiger partial charge in [-0.3, -0.25) is 4.79 Å². The first kappa shape index (κ1) is 22.0. The van der Waals surface area contributed by atoms with Gasteiger partial charge in [-0.05, 0) is 23.8 Å². The van der Waals surface area contributed by atoms with Crippen molar-refractivity contribution in [1.29, 1.82) is 0 Å². The molecule has 1 N–H and O–H groups in total. The minimum absolute atomic E-state index is 0. The zero-order valence-electron chi connectivity index (χ0n) is 15.3. The number of benzene rings is 2. The van der Waals surface area contributed by atoms with Crippen LogP contribution in [0.2, 0.25) is 0 Å². The number of hydrogen-bond donors (Lipinski definition) is 1. The summed E-state index contributed by atoms with van der Waals surface area (Å²) in [5.41, 5.74) is 0.756. The van der Waals surface area contributed by atoms with Crippen LogP contribution in [-0.2, 0) is 17.4 Å². The molecule has 1 unspecified atom stereocenters. The topological polar surface area (TPSA) is 41.6 Å². The normalized spacial score (nSPS) is 17.0. The Kier molecular flexibility index (Phi) is 7.32. The average Bonchev–Trinajstić information content (AvgIpc) is 2.67. The highest BCUT2D eigenvalue weighted by Crippen LogP contribution is 2.31. The van der Waals surface area contributed by atoms with Gasteiger partial charge in [-0.2, -0.15) is 13.2 Å². The fourth-order valence-corrected chi connectivity index (χ4v) is 3.31. The van der Waals surface area contributed by atoms with Crippen LogP contribution in [0.3, 0.4) is 0 Å². The number of methoxy groups -OCH3 is 1. The summed E-state index contributed by atoms with van der Waals surface area (Å²) in [4.78, 5) is 14.6. The van der Waals surface area contributed by atoms with E-state index in [2.05, 4.69) is 5.32 Å². The zero-order valence-corrected chi connectivity index (χ0v) is 16.1. The third-order valence-electron chi connectivity index (χ3n) is 4.70. The summed E-state index contributed by atoms with van der Waals surface area (Å²) in [5.74, 6) is 0.589. The van der Waals surface area contributed by atoms with Crippen LogP contribution >= 0.6 is 12.4 Å². The fourth-order valence-electron chi connectivity index (χ4n) is 3.31. The highest BCUT2D eigenvalue weighted by Gasteiger charge is 2.31. The van der Waals surface area contributed by atoms with E-state index in [0.29, 0.717) is 30.9 Å². The molecule has 0 aromatic heterocycles. The van der Waals surface area contributed by atoms with E-state index in [1.807, 2.05) is 24.3 Å². The standard InChI is InChI=1S/C20H21F3N2O2.ClH/c1-27-18-5-3-2-4-16(18)17-13-24-10-11-25(17)19(26)12-14-6-8-15(9-7-14)20(21,22)23;/h2-9,17,24H,10-13H2,1H3;1H. The molecule has 1 saturated heterocycles. The van der Waals surface area contributed by atoms with Crippen LogP contribution in [0.5, 0.6) is 5.75 Å². The Labute approximate surface area is 168 Å². The van der Waals surface area contributed by atoms with Crippen LogP contribution in [0.15, 0.2) is 48.5 Å². The second kappa shape index (κ2) is 9.30. The van der Waals surface area contributed by atoms with Crippen LogP contribution < -0.4 is 10.1 Å². The average molecular weight is 415 g/mol. The second-order valence-electron chi connectivity index (χ2n) is 6.42. The van der Waals surface area contributed by atoms with Gasteiger partial charge in [0.15, 0.2) is 0 Å². The number of carbonyl (C=O) groups excluding carboxylic acids is 1. The number of ether oxygens (including phenoxy) is 1. The van der Waals surface area contributed by atoms with Crippen LogP contribution in [0, 0.1) is 0 Å². The number of halogens is 4. The molecule has 152 valence electrons. The molecule has 1 aliphatic rings. The minimum atomic E-state index is -4.38. The summed E-state index contributed by atoms with van der Waals surface area (Å²) in [6.07, 6.45) is -4.32. The van der Waals surface area contributed by atoms with Gasteiger partial charge in [-0.15, -0.1) is 12.4 Å². The van der Waals surface area contributed by atoms with E-state index < -0.39 is 11.7 Å². The summed E-state index contributed by atoms with van der Waals surface area (Å²) >= 11 is 0. The lowest BCUT2D eigenvalue weighted by molar-refractivity contribution is -0.137. The Balaban J connectivity index is 0.00000280. The number of amides is 1. The maximum atomic E-state index is 12.9. The van der Waals surface area contributed by atoms with Crippen molar-refractivity contribution in [3.8, 4) is 5.75 Å². The Morgan fingerprint density at radius 3 is 2.50 bits per heavy atom. The van der Waals surface area contributed by atoms with Crippen molar-refractivity contribution in [3.05, 3.63) is 65.2 Å². The maximum Gasteiger partial charge on any atom is 0.416 e. The predicted octanol–water partition coefficient (Wildman–Crippen LogP) is 3.85. The molecule has 1 atom stereocenters. The lowest BCUT2D eigenvalue weighted by Gasteiger charge is -2.37. The van der Waals surface area contributed by atoms with Crippen LogP contribution in [0.1, 0.15) is 22.7 Å². The molecule has 28 heavy (non-hydrogen) atoms. The van der Waals surface area contributed by atoms with Crippen molar-refractivity contribution in [2.24, 2.45) is 0 Å². The largest absolute Gasteiger partial charge is 0.496 e. The van der Waals surface area contributed by atoms with Gasteiger partial charge >= 0.3 is 6.18 Å². The van der Waals surface area contributed by atoms with Crippen molar-refractivity contribution < 1.29 is 22.7 Å². The van der Waals surface area contributed by atoms with Crippen LogP contribution in [0.4, 0.5) is 13.2 Å². The van der Waals surface area contributed by atoms with Crippen molar-refractivity contribution in [2.75, 3.05) is 26.7 Å². The molecule has 1 amide bonds. The number of piperazine rings is 1.